The monoisotopic (exact) mass is 358 g/mol. The number of aromatic nitrogens is 2. The normalized spacial score (nSPS) is 17.4. The fraction of sp³-hybridized carbons (Fsp3) is 0.421. The predicted octanol–water partition coefficient (Wildman–Crippen LogP) is 4.36. The van der Waals surface area contributed by atoms with E-state index in [1.165, 1.54) is 6.42 Å². The first kappa shape index (κ1) is 17.7. The Hall–Kier alpha value is -2.14. The average molecular weight is 359 g/mol. The van der Waals surface area contributed by atoms with Crippen molar-refractivity contribution in [3.05, 3.63) is 46.4 Å². The van der Waals surface area contributed by atoms with Crippen LogP contribution in [0.5, 0.6) is 0 Å². The van der Waals surface area contributed by atoms with Gasteiger partial charge in [-0.2, -0.15) is 0 Å². The predicted molar refractivity (Wildman–Crippen MR) is 101 cm³/mol. The lowest BCUT2D eigenvalue weighted by molar-refractivity contribution is 0.0676. The summed E-state index contributed by atoms with van der Waals surface area (Å²) in [5.41, 5.74) is 2.25. The SMILES string of the molecule is Cc1nc(Nc2cccc(Cl)c2C)cc(C(=O)N2CCCC(C)C2)n1. The number of likely N-dealkylation sites (tertiary alicyclic amines) is 1. The molecular weight excluding hydrogens is 336 g/mol. The maximum atomic E-state index is 12.8. The van der Waals surface area contributed by atoms with E-state index in [1.807, 2.05) is 30.0 Å². The topological polar surface area (TPSA) is 58.1 Å². The van der Waals surface area contributed by atoms with Crippen LogP contribution in [0.4, 0.5) is 11.5 Å². The molecular formula is C19H23ClN4O. The summed E-state index contributed by atoms with van der Waals surface area (Å²) in [7, 11) is 0. The third kappa shape index (κ3) is 4.10. The van der Waals surface area contributed by atoms with Gasteiger partial charge in [-0.3, -0.25) is 4.79 Å². The summed E-state index contributed by atoms with van der Waals surface area (Å²) in [6.07, 6.45) is 2.22. The first-order chi connectivity index (χ1) is 11.9. The molecule has 1 aliphatic heterocycles. The van der Waals surface area contributed by atoms with E-state index < -0.39 is 0 Å². The average Bonchev–Trinajstić information content (AvgIpc) is 2.58. The molecule has 0 aliphatic carbocycles. The van der Waals surface area contributed by atoms with Crippen LogP contribution in [0.3, 0.4) is 0 Å². The summed E-state index contributed by atoms with van der Waals surface area (Å²) in [5.74, 6) is 1.68. The van der Waals surface area contributed by atoms with Crippen molar-refractivity contribution in [1.82, 2.24) is 14.9 Å². The molecule has 2 heterocycles. The Labute approximate surface area is 153 Å². The Morgan fingerprint density at radius 3 is 2.88 bits per heavy atom. The molecule has 1 unspecified atom stereocenters. The van der Waals surface area contributed by atoms with Gasteiger partial charge in [-0.15, -0.1) is 0 Å². The zero-order chi connectivity index (χ0) is 18.0. The standard InChI is InChI=1S/C19H23ClN4O/c1-12-6-5-9-24(11-12)19(25)17-10-18(22-14(3)21-17)23-16-8-4-7-15(20)13(16)2/h4,7-8,10,12H,5-6,9,11H2,1-3H3,(H,21,22,23). The van der Waals surface area contributed by atoms with Crippen LogP contribution in [0.1, 0.15) is 41.6 Å². The number of rotatable bonds is 3. The van der Waals surface area contributed by atoms with Gasteiger partial charge in [0.25, 0.3) is 5.91 Å². The minimum Gasteiger partial charge on any atom is -0.340 e. The second-order valence-corrected chi connectivity index (χ2v) is 7.13. The molecule has 0 saturated carbocycles. The highest BCUT2D eigenvalue weighted by Gasteiger charge is 2.23. The zero-order valence-electron chi connectivity index (χ0n) is 14.8. The van der Waals surface area contributed by atoms with Crippen molar-refractivity contribution in [2.24, 2.45) is 5.92 Å². The van der Waals surface area contributed by atoms with Crippen molar-refractivity contribution in [2.75, 3.05) is 18.4 Å². The fourth-order valence-electron chi connectivity index (χ4n) is 3.16. The highest BCUT2D eigenvalue weighted by atomic mass is 35.5. The smallest absolute Gasteiger partial charge is 0.272 e. The molecule has 1 N–H and O–H groups in total. The summed E-state index contributed by atoms with van der Waals surface area (Å²) in [6, 6.07) is 7.38. The van der Waals surface area contributed by atoms with Gasteiger partial charge in [-0.1, -0.05) is 24.6 Å². The number of piperidine rings is 1. The van der Waals surface area contributed by atoms with Crippen LogP contribution in [0, 0.1) is 19.8 Å². The quantitative estimate of drug-likeness (QED) is 0.885. The van der Waals surface area contributed by atoms with E-state index in [4.69, 9.17) is 11.6 Å². The van der Waals surface area contributed by atoms with E-state index in [9.17, 15) is 4.79 Å². The van der Waals surface area contributed by atoms with Gasteiger partial charge < -0.3 is 10.2 Å². The number of carbonyl (C=O) groups excluding carboxylic acids is 1. The number of aryl methyl sites for hydroxylation is 1. The van der Waals surface area contributed by atoms with Crippen LogP contribution in [-0.4, -0.2) is 33.9 Å². The number of anilines is 2. The summed E-state index contributed by atoms with van der Waals surface area (Å²) in [6.45, 7) is 7.51. The van der Waals surface area contributed by atoms with Crippen LogP contribution < -0.4 is 5.32 Å². The number of hydrogen-bond acceptors (Lipinski definition) is 4. The van der Waals surface area contributed by atoms with Gasteiger partial charge in [0.1, 0.15) is 17.3 Å². The Bertz CT molecular complexity index is 793. The number of benzene rings is 1. The van der Waals surface area contributed by atoms with Gasteiger partial charge in [0.05, 0.1) is 0 Å². The zero-order valence-corrected chi connectivity index (χ0v) is 15.6. The molecule has 5 nitrogen and oxygen atoms in total. The van der Waals surface area contributed by atoms with E-state index in [-0.39, 0.29) is 5.91 Å². The second-order valence-electron chi connectivity index (χ2n) is 6.72. The van der Waals surface area contributed by atoms with Crippen LogP contribution in [0.25, 0.3) is 0 Å². The van der Waals surface area contributed by atoms with E-state index in [2.05, 4.69) is 22.2 Å². The van der Waals surface area contributed by atoms with Gasteiger partial charge in [-0.25, -0.2) is 9.97 Å². The number of carbonyl (C=O) groups is 1. The second kappa shape index (κ2) is 7.40. The molecule has 1 atom stereocenters. The first-order valence-electron chi connectivity index (χ1n) is 8.61. The van der Waals surface area contributed by atoms with Crippen molar-refractivity contribution in [2.45, 2.75) is 33.6 Å². The van der Waals surface area contributed by atoms with Gasteiger partial charge >= 0.3 is 0 Å². The highest BCUT2D eigenvalue weighted by molar-refractivity contribution is 6.31. The van der Waals surface area contributed by atoms with E-state index in [0.717, 1.165) is 30.8 Å². The molecule has 1 aromatic heterocycles. The maximum absolute atomic E-state index is 12.8. The number of nitrogens with zero attached hydrogens (tertiary/aromatic N) is 3. The summed E-state index contributed by atoms with van der Waals surface area (Å²) in [5, 5.41) is 3.94. The van der Waals surface area contributed by atoms with Gasteiger partial charge in [0.2, 0.25) is 0 Å². The van der Waals surface area contributed by atoms with Crippen molar-refractivity contribution < 1.29 is 4.79 Å². The Morgan fingerprint density at radius 1 is 1.32 bits per heavy atom. The molecule has 132 valence electrons. The summed E-state index contributed by atoms with van der Waals surface area (Å²) in [4.78, 5) is 23.5. The Kier molecular flexibility index (Phi) is 5.23. The van der Waals surface area contributed by atoms with Crippen molar-refractivity contribution in [3.8, 4) is 0 Å². The number of amides is 1. The number of nitrogens with one attached hydrogen (secondary N) is 1. The molecule has 1 aromatic carbocycles. The minimum absolute atomic E-state index is 0.0251. The number of halogens is 1. The highest BCUT2D eigenvalue weighted by Crippen LogP contribution is 2.26. The largest absolute Gasteiger partial charge is 0.340 e. The molecule has 1 aliphatic rings. The molecule has 1 amide bonds. The minimum atomic E-state index is -0.0251. The fourth-order valence-corrected chi connectivity index (χ4v) is 3.33. The van der Waals surface area contributed by atoms with Crippen molar-refractivity contribution in [3.63, 3.8) is 0 Å². The number of hydrogen-bond donors (Lipinski definition) is 1. The molecule has 0 bridgehead atoms. The van der Waals surface area contributed by atoms with Crippen molar-refractivity contribution >= 4 is 29.0 Å². The lowest BCUT2D eigenvalue weighted by atomic mass is 10.00. The molecule has 0 spiro atoms. The molecule has 25 heavy (non-hydrogen) atoms. The molecule has 1 saturated heterocycles. The molecule has 2 aromatic rings. The third-order valence-corrected chi connectivity index (χ3v) is 4.94. The van der Waals surface area contributed by atoms with Gasteiger partial charge in [0.15, 0.2) is 0 Å². The first-order valence-corrected chi connectivity index (χ1v) is 8.99. The van der Waals surface area contributed by atoms with Crippen LogP contribution in [0.2, 0.25) is 5.02 Å². The van der Waals surface area contributed by atoms with E-state index >= 15 is 0 Å². The lowest BCUT2D eigenvalue weighted by Crippen LogP contribution is -2.39. The Balaban J connectivity index is 1.85. The van der Waals surface area contributed by atoms with Gasteiger partial charge in [-0.05, 0) is 50.3 Å². The molecule has 6 heteroatoms. The summed E-state index contributed by atoms with van der Waals surface area (Å²) < 4.78 is 0. The van der Waals surface area contributed by atoms with Crippen molar-refractivity contribution in [1.29, 1.82) is 0 Å². The van der Waals surface area contributed by atoms with Crippen LogP contribution in [-0.2, 0) is 0 Å². The molecule has 1 fully saturated rings. The summed E-state index contributed by atoms with van der Waals surface area (Å²) >= 11 is 6.17. The van der Waals surface area contributed by atoms with E-state index in [1.54, 1.807) is 13.0 Å². The van der Waals surface area contributed by atoms with E-state index in [0.29, 0.717) is 28.3 Å². The molecule has 3 rings (SSSR count). The molecule has 0 radical (unpaired) electrons. The lowest BCUT2D eigenvalue weighted by Gasteiger charge is -2.30. The van der Waals surface area contributed by atoms with Gasteiger partial charge in [0, 0.05) is 29.9 Å². The van der Waals surface area contributed by atoms with Crippen LogP contribution in [0.15, 0.2) is 24.3 Å². The maximum Gasteiger partial charge on any atom is 0.272 e. The third-order valence-electron chi connectivity index (χ3n) is 4.53. The van der Waals surface area contributed by atoms with Crippen LogP contribution >= 0.6 is 11.6 Å². The Morgan fingerprint density at radius 2 is 2.12 bits per heavy atom.